The van der Waals surface area contributed by atoms with E-state index < -0.39 is 0 Å². The van der Waals surface area contributed by atoms with Gasteiger partial charge in [0.15, 0.2) is 0 Å². The van der Waals surface area contributed by atoms with Gasteiger partial charge in [-0.1, -0.05) is 12.1 Å². The van der Waals surface area contributed by atoms with Gasteiger partial charge in [-0.25, -0.2) is 0 Å². The fraction of sp³-hybridized carbons (Fsp3) is 0.400. The number of pyridine rings is 1. The summed E-state index contributed by atoms with van der Waals surface area (Å²) in [6.07, 6.45) is 2.81. The average Bonchev–Trinajstić information content (AvgIpc) is 2.63. The van der Waals surface area contributed by atoms with Crippen molar-refractivity contribution in [3.8, 4) is 11.5 Å². The van der Waals surface area contributed by atoms with Gasteiger partial charge in [-0.05, 0) is 31.5 Å². The molecule has 0 bridgehead atoms. The SMILES string of the molecule is COc1ccc(CC(=O)N(C)C(C)Cc2ncccc2C)c(OC)c1. The zero-order valence-corrected chi connectivity index (χ0v) is 15.6. The zero-order chi connectivity index (χ0) is 18.4. The molecule has 0 fully saturated rings. The summed E-state index contributed by atoms with van der Waals surface area (Å²) >= 11 is 0. The van der Waals surface area contributed by atoms with Crippen molar-refractivity contribution in [1.82, 2.24) is 9.88 Å². The lowest BCUT2D eigenvalue weighted by Crippen LogP contribution is -2.37. The number of aryl methyl sites for hydroxylation is 1. The van der Waals surface area contributed by atoms with Crippen molar-refractivity contribution in [2.24, 2.45) is 0 Å². The van der Waals surface area contributed by atoms with Gasteiger partial charge >= 0.3 is 0 Å². The van der Waals surface area contributed by atoms with Crippen LogP contribution in [0.15, 0.2) is 36.5 Å². The second-order valence-electron chi connectivity index (χ2n) is 6.18. The average molecular weight is 342 g/mol. The van der Waals surface area contributed by atoms with Crippen LogP contribution in [0.4, 0.5) is 0 Å². The monoisotopic (exact) mass is 342 g/mol. The highest BCUT2D eigenvalue weighted by atomic mass is 16.5. The minimum atomic E-state index is 0.0459. The largest absolute Gasteiger partial charge is 0.497 e. The van der Waals surface area contributed by atoms with Gasteiger partial charge in [0.2, 0.25) is 5.91 Å². The molecule has 5 nitrogen and oxygen atoms in total. The van der Waals surface area contributed by atoms with Crippen LogP contribution in [0.3, 0.4) is 0 Å². The fourth-order valence-corrected chi connectivity index (χ4v) is 2.68. The number of carbonyl (C=O) groups is 1. The maximum absolute atomic E-state index is 12.7. The highest BCUT2D eigenvalue weighted by Crippen LogP contribution is 2.25. The maximum atomic E-state index is 12.7. The van der Waals surface area contributed by atoms with Gasteiger partial charge in [-0.15, -0.1) is 0 Å². The van der Waals surface area contributed by atoms with E-state index in [0.717, 1.165) is 23.2 Å². The maximum Gasteiger partial charge on any atom is 0.227 e. The Morgan fingerprint density at radius 1 is 1.24 bits per heavy atom. The quantitative estimate of drug-likeness (QED) is 0.776. The molecule has 0 aliphatic heterocycles. The summed E-state index contributed by atoms with van der Waals surface area (Å²) in [6, 6.07) is 9.53. The summed E-state index contributed by atoms with van der Waals surface area (Å²) in [5, 5.41) is 0. The van der Waals surface area contributed by atoms with E-state index in [4.69, 9.17) is 9.47 Å². The standard InChI is InChI=1S/C20H26N2O3/c1-14-7-6-10-21-18(14)11-15(2)22(3)20(23)12-16-8-9-17(24-4)13-19(16)25-5/h6-10,13,15H,11-12H2,1-5H3. The molecule has 5 heteroatoms. The number of carbonyl (C=O) groups excluding carboxylic acids is 1. The third kappa shape index (κ3) is 4.72. The molecule has 0 aliphatic rings. The van der Waals surface area contributed by atoms with Crippen molar-refractivity contribution in [3.63, 3.8) is 0 Å². The Morgan fingerprint density at radius 3 is 2.64 bits per heavy atom. The minimum absolute atomic E-state index is 0.0459. The number of ether oxygens (including phenoxy) is 2. The van der Waals surface area contributed by atoms with E-state index in [9.17, 15) is 4.79 Å². The van der Waals surface area contributed by atoms with Gasteiger partial charge < -0.3 is 14.4 Å². The van der Waals surface area contributed by atoms with Crippen LogP contribution in [0.1, 0.15) is 23.7 Å². The number of amides is 1. The number of methoxy groups -OCH3 is 2. The number of rotatable bonds is 7. The van der Waals surface area contributed by atoms with E-state index in [1.807, 2.05) is 45.2 Å². The lowest BCUT2D eigenvalue weighted by Gasteiger charge is -2.25. The third-order valence-corrected chi connectivity index (χ3v) is 4.50. The van der Waals surface area contributed by atoms with Crippen LogP contribution in [-0.4, -0.2) is 43.1 Å². The summed E-state index contributed by atoms with van der Waals surface area (Å²) in [6.45, 7) is 4.08. The van der Waals surface area contributed by atoms with Crippen LogP contribution in [0.25, 0.3) is 0 Å². The Balaban J connectivity index is 2.06. The molecular weight excluding hydrogens is 316 g/mol. The zero-order valence-electron chi connectivity index (χ0n) is 15.6. The lowest BCUT2D eigenvalue weighted by molar-refractivity contribution is -0.130. The molecule has 0 saturated carbocycles. The Labute approximate surface area is 149 Å². The molecule has 1 aromatic carbocycles. The second kappa shape index (κ2) is 8.51. The van der Waals surface area contributed by atoms with E-state index in [1.165, 1.54) is 0 Å². The summed E-state index contributed by atoms with van der Waals surface area (Å²) in [5.41, 5.74) is 3.02. The fourth-order valence-electron chi connectivity index (χ4n) is 2.68. The topological polar surface area (TPSA) is 51.7 Å². The van der Waals surface area contributed by atoms with Crippen LogP contribution in [0, 0.1) is 6.92 Å². The summed E-state index contributed by atoms with van der Waals surface area (Å²) in [5.74, 6) is 1.42. The van der Waals surface area contributed by atoms with Crippen LogP contribution < -0.4 is 9.47 Å². The van der Waals surface area contributed by atoms with E-state index in [2.05, 4.69) is 4.98 Å². The van der Waals surface area contributed by atoms with E-state index in [-0.39, 0.29) is 18.4 Å². The molecule has 0 N–H and O–H groups in total. The normalized spacial score (nSPS) is 11.7. The molecule has 25 heavy (non-hydrogen) atoms. The van der Waals surface area contributed by atoms with Gasteiger partial charge in [-0.2, -0.15) is 0 Å². The summed E-state index contributed by atoms with van der Waals surface area (Å²) in [7, 11) is 5.04. The third-order valence-electron chi connectivity index (χ3n) is 4.50. The van der Waals surface area contributed by atoms with Crippen LogP contribution in [0.2, 0.25) is 0 Å². The van der Waals surface area contributed by atoms with Crippen LogP contribution >= 0.6 is 0 Å². The number of hydrogen-bond donors (Lipinski definition) is 0. The van der Waals surface area contributed by atoms with Crippen molar-refractivity contribution in [1.29, 1.82) is 0 Å². The smallest absolute Gasteiger partial charge is 0.227 e. The van der Waals surface area contributed by atoms with Crippen molar-refractivity contribution in [2.75, 3.05) is 21.3 Å². The minimum Gasteiger partial charge on any atom is -0.497 e. The Hall–Kier alpha value is -2.56. The van der Waals surface area contributed by atoms with Crippen LogP contribution in [0.5, 0.6) is 11.5 Å². The van der Waals surface area contributed by atoms with E-state index >= 15 is 0 Å². The first-order chi connectivity index (χ1) is 12.0. The van der Waals surface area contributed by atoms with Crippen molar-refractivity contribution in [2.45, 2.75) is 32.7 Å². The number of aromatic nitrogens is 1. The summed E-state index contributed by atoms with van der Waals surface area (Å²) < 4.78 is 10.6. The van der Waals surface area contributed by atoms with Gasteiger partial charge in [0, 0.05) is 43.0 Å². The molecule has 1 heterocycles. The Morgan fingerprint density at radius 2 is 2.00 bits per heavy atom. The molecule has 0 aliphatic carbocycles. The van der Waals surface area contributed by atoms with Crippen molar-refractivity contribution < 1.29 is 14.3 Å². The molecule has 1 atom stereocenters. The predicted octanol–water partition coefficient (Wildman–Crippen LogP) is 3.04. The first kappa shape index (κ1) is 18.8. The van der Waals surface area contributed by atoms with Crippen LogP contribution in [-0.2, 0) is 17.6 Å². The molecule has 0 radical (unpaired) electrons. The molecule has 2 aromatic rings. The lowest BCUT2D eigenvalue weighted by atomic mass is 10.1. The highest BCUT2D eigenvalue weighted by Gasteiger charge is 2.19. The van der Waals surface area contributed by atoms with Crippen molar-refractivity contribution >= 4 is 5.91 Å². The number of hydrogen-bond acceptors (Lipinski definition) is 4. The molecule has 1 aromatic heterocycles. The van der Waals surface area contributed by atoms with E-state index in [1.54, 1.807) is 31.4 Å². The predicted molar refractivity (Wildman–Crippen MR) is 98.2 cm³/mol. The first-order valence-corrected chi connectivity index (χ1v) is 8.33. The molecule has 2 rings (SSSR count). The van der Waals surface area contributed by atoms with Gasteiger partial charge in [0.05, 0.1) is 20.6 Å². The van der Waals surface area contributed by atoms with Crippen molar-refractivity contribution in [3.05, 3.63) is 53.3 Å². The Bertz CT molecular complexity index is 731. The number of benzene rings is 1. The van der Waals surface area contributed by atoms with Gasteiger partial charge in [0.25, 0.3) is 0 Å². The molecule has 1 unspecified atom stereocenters. The second-order valence-corrected chi connectivity index (χ2v) is 6.18. The molecule has 0 saturated heterocycles. The number of likely N-dealkylation sites (N-methyl/N-ethyl adjacent to an activating group) is 1. The highest BCUT2D eigenvalue weighted by molar-refractivity contribution is 5.79. The van der Waals surface area contributed by atoms with Gasteiger partial charge in [-0.3, -0.25) is 9.78 Å². The summed E-state index contributed by atoms with van der Waals surface area (Å²) in [4.78, 5) is 18.9. The first-order valence-electron chi connectivity index (χ1n) is 8.33. The number of nitrogens with zero attached hydrogens (tertiary/aromatic N) is 2. The molecule has 134 valence electrons. The van der Waals surface area contributed by atoms with Gasteiger partial charge in [0.1, 0.15) is 11.5 Å². The molecule has 1 amide bonds. The Kier molecular flexibility index (Phi) is 6.39. The molecular formula is C20H26N2O3. The van der Waals surface area contributed by atoms with E-state index in [0.29, 0.717) is 11.5 Å². The molecule has 0 spiro atoms.